The van der Waals surface area contributed by atoms with Crippen molar-refractivity contribution in [3.8, 4) is 5.75 Å². The van der Waals surface area contributed by atoms with Crippen molar-refractivity contribution < 1.29 is 32.2 Å². The Hall–Kier alpha value is -3.11. The number of benzene rings is 2. The lowest BCUT2D eigenvalue weighted by Crippen LogP contribution is -2.44. The second-order valence-corrected chi connectivity index (χ2v) is 7.14. The molecule has 1 amide bonds. The first-order valence-electron chi connectivity index (χ1n) is 9.10. The highest BCUT2D eigenvalue weighted by atomic mass is 35.5. The number of aliphatic hydroxyl groups excluding tert-OH is 1. The largest absolute Gasteiger partial charge is 0.497 e. The molecule has 0 aliphatic carbocycles. The van der Waals surface area contributed by atoms with Gasteiger partial charge in [0.05, 0.1) is 30.1 Å². The molecule has 0 aromatic heterocycles. The normalized spacial score (nSPS) is 12.9. The summed E-state index contributed by atoms with van der Waals surface area (Å²) in [5.41, 5.74) is 5.50. The Morgan fingerprint density at radius 3 is 2.44 bits per heavy atom. The summed E-state index contributed by atoms with van der Waals surface area (Å²) in [6.07, 6.45) is -6.82. The Morgan fingerprint density at radius 2 is 1.91 bits per heavy atom. The highest BCUT2D eigenvalue weighted by molar-refractivity contribution is 6.31. The summed E-state index contributed by atoms with van der Waals surface area (Å²) in [7, 11) is 1.44. The van der Waals surface area contributed by atoms with E-state index in [1.165, 1.54) is 13.2 Å². The maximum atomic E-state index is 13.3. The Kier molecular flexibility index (Phi) is 8.23. The van der Waals surface area contributed by atoms with Gasteiger partial charge in [0.1, 0.15) is 11.6 Å². The summed E-state index contributed by atoms with van der Waals surface area (Å²) in [6.45, 7) is -1.36. The molecule has 1 atom stereocenters. The molecule has 0 heterocycles. The van der Waals surface area contributed by atoms with E-state index in [1.54, 1.807) is 24.3 Å². The van der Waals surface area contributed by atoms with E-state index >= 15 is 0 Å². The average Bonchev–Trinajstić information content (AvgIpc) is 2.74. The number of aliphatic hydroxyl groups is 1. The number of allylic oxidation sites excluding steroid dienone is 1. The third kappa shape index (κ3) is 6.69. The number of hydrogen-bond donors (Lipinski definition) is 3. The molecule has 1 unspecified atom stereocenters. The summed E-state index contributed by atoms with van der Waals surface area (Å²) in [6, 6.07) is 9.61. The van der Waals surface area contributed by atoms with Gasteiger partial charge in [0.2, 0.25) is 0 Å². The van der Waals surface area contributed by atoms with Crippen LogP contribution in [0.5, 0.6) is 5.75 Å². The molecular formula is C21H20ClF4N3O3. The minimum absolute atomic E-state index is 0.143. The van der Waals surface area contributed by atoms with Crippen molar-refractivity contribution in [1.29, 1.82) is 5.41 Å². The molecule has 0 radical (unpaired) electrons. The van der Waals surface area contributed by atoms with E-state index in [9.17, 15) is 27.5 Å². The summed E-state index contributed by atoms with van der Waals surface area (Å²) in [5, 5.41) is 17.2. The fraction of sp³-hybridized carbons (Fsp3) is 0.238. The zero-order chi connectivity index (χ0) is 24.1. The zero-order valence-electron chi connectivity index (χ0n) is 16.8. The Bertz CT molecular complexity index is 1010. The molecule has 0 saturated heterocycles. The second kappa shape index (κ2) is 10.5. The third-order valence-corrected chi connectivity index (χ3v) is 4.66. The van der Waals surface area contributed by atoms with Gasteiger partial charge in [-0.25, -0.2) is 4.39 Å². The number of nitrogens with two attached hydrogens (primary N) is 1. The van der Waals surface area contributed by atoms with Crippen LogP contribution < -0.4 is 10.5 Å². The quantitative estimate of drug-likeness (QED) is 0.309. The first-order valence-corrected chi connectivity index (χ1v) is 9.48. The average molecular weight is 474 g/mol. The monoisotopic (exact) mass is 473 g/mol. The number of amides is 1. The number of nitrogens with zero attached hydrogens (tertiary/aromatic N) is 1. The maximum Gasteiger partial charge on any atom is 0.416 e. The lowest BCUT2D eigenvalue weighted by atomic mass is 10.1. The molecular weight excluding hydrogens is 454 g/mol. The van der Waals surface area contributed by atoms with Gasteiger partial charge in [-0.3, -0.25) is 4.79 Å². The van der Waals surface area contributed by atoms with Gasteiger partial charge in [-0.2, -0.15) is 13.2 Å². The third-order valence-electron chi connectivity index (χ3n) is 4.37. The van der Waals surface area contributed by atoms with Crippen LogP contribution in [0.25, 0.3) is 0 Å². The Balaban J connectivity index is 2.28. The fourth-order valence-corrected chi connectivity index (χ4v) is 2.81. The predicted molar refractivity (Wildman–Crippen MR) is 111 cm³/mol. The van der Waals surface area contributed by atoms with E-state index in [2.05, 4.69) is 0 Å². The number of alkyl halides is 3. The van der Waals surface area contributed by atoms with E-state index in [4.69, 9.17) is 27.5 Å². The molecule has 2 rings (SSSR count). The number of rotatable bonds is 8. The first kappa shape index (κ1) is 25.2. The van der Waals surface area contributed by atoms with Crippen LogP contribution in [0.4, 0.5) is 17.6 Å². The van der Waals surface area contributed by atoms with Crippen molar-refractivity contribution in [2.45, 2.75) is 18.8 Å². The van der Waals surface area contributed by atoms with Gasteiger partial charge >= 0.3 is 6.18 Å². The van der Waals surface area contributed by atoms with E-state index < -0.39 is 36.2 Å². The molecule has 11 heteroatoms. The number of carbonyl (C=O) groups excluding carboxylic acids is 1. The minimum atomic E-state index is -4.95. The van der Waals surface area contributed by atoms with Crippen LogP contribution in [0.15, 0.2) is 54.2 Å². The van der Waals surface area contributed by atoms with Crippen molar-refractivity contribution >= 4 is 23.2 Å². The highest BCUT2D eigenvalue weighted by Gasteiger charge is 2.40. The number of nitrogens with one attached hydrogen (secondary N) is 1. The van der Waals surface area contributed by atoms with Gasteiger partial charge < -0.3 is 25.9 Å². The number of carbonyl (C=O) groups is 1. The van der Waals surface area contributed by atoms with E-state index in [1.807, 2.05) is 0 Å². The number of methoxy groups -OCH3 is 1. The molecule has 0 spiro atoms. The van der Waals surface area contributed by atoms with Crippen LogP contribution in [0, 0.1) is 11.2 Å². The molecule has 32 heavy (non-hydrogen) atoms. The number of hydrogen-bond acceptors (Lipinski definition) is 5. The summed E-state index contributed by atoms with van der Waals surface area (Å²) >= 11 is 5.68. The molecule has 0 saturated carbocycles. The Morgan fingerprint density at radius 1 is 1.28 bits per heavy atom. The van der Waals surface area contributed by atoms with Crippen molar-refractivity contribution in [1.82, 2.24) is 4.90 Å². The molecule has 0 aliphatic rings. The molecule has 2 aromatic carbocycles. The molecule has 0 fully saturated rings. The Labute approximate surface area is 186 Å². The first-order chi connectivity index (χ1) is 14.9. The van der Waals surface area contributed by atoms with Crippen molar-refractivity contribution in [2.75, 3.05) is 13.7 Å². The maximum absolute atomic E-state index is 13.3. The standard InChI is InChI=1S/C21H20ClF4N3O3/c1-32-14-5-2-12(3-6-14)10-29(11-19(30)21(24,25)26)20(31)18(28)9-17(27)13-4-7-16(23)15(22)8-13/h2-9,19,27,30H,10-11,28H2,1H3/b18-9-,27-17?. The van der Waals surface area contributed by atoms with Gasteiger partial charge in [-0.1, -0.05) is 23.7 Å². The topological polar surface area (TPSA) is 99.6 Å². The van der Waals surface area contributed by atoms with E-state index in [0.29, 0.717) is 11.3 Å². The van der Waals surface area contributed by atoms with Gasteiger partial charge in [-0.05, 0) is 42.0 Å². The van der Waals surface area contributed by atoms with Crippen LogP contribution in [-0.4, -0.2) is 47.6 Å². The van der Waals surface area contributed by atoms with Crippen LogP contribution in [0.2, 0.25) is 5.02 Å². The fourth-order valence-electron chi connectivity index (χ4n) is 2.63. The molecule has 6 nitrogen and oxygen atoms in total. The summed E-state index contributed by atoms with van der Waals surface area (Å²) < 4.78 is 57.0. The second-order valence-electron chi connectivity index (χ2n) is 6.73. The van der Waals surface area contributed by atoms with Crippen molar-refractivity contribution in [3.05, 3.63) is 76.2 Å². The zero-order valence-corrected chi connectivity index (χ0v) is 17.5. The van der Waals surface area contributed by atoms with Gasteiger partial charge in [0, 0.05) is 12.1 Å². The SMILES string of the molecule is COc1ccc(CN(CC(O)C(F)(F)F)C(=O)/C(N)=C/C(=N)c2ccc(F)c(Cl)c2)cc1. The highest BCUT2D eigenvalue weighted by Crippen LogP contribution is 2.23. The van der Waals surface area contributed by atoms with Crippen molar-refractivity contribution in [3.63, 3.8) is 0 Å². The van der Waals surface area contributed by atoms with E-state index in [-0.39, 0.29) is 22.8 Å². The predicted octanol–water partition coefficient (Wildman–Crippen LogP) is 3.65. The smallest absolute Gasteiger partial charge is 0.416 e. The van der Waals surface area contributed by atoms with Crippen LogP contribution in [0.1, 0.15) is 11.1 Å². The molecule has 172 valence electrons. The van der Waals surface area contributed by atoms with Gasteiger partial charge in [0.25, 0.3) is 5.91 Å². The van der Waals surface area contributed by atoms with Crippen molar-refractivity contribution in [2.24, 2.45) is 5.73 Å². The summed E-state index contributed by atoms with van der Waals surface area (Å²) in [5.74, 6) is -1.22. The number of halogens is 5. The summed E-state index contributed by atoms with van der Waals surface area (Å²) in [4.78, 5) is 13.5. The lowest BCUT2D eigenvalue weighted by molar-refractivity contribution is -0.208. The molecule has 2 aromatic rings. The van der Waals surface area contributed by atoms with Crippen LogP contribution in [0.3, 0.4) is 0 Å². The molecule has 4 N–H and O–H groups in total. The van der Waals surface area contributed by atoms with Crippen LogP contribution >= 0.6 is 11.6 Å². The van der Waals surface area contributed by atoms with Gasteiger partial charge in [0.15, 0.2) is 6.10 Å². The molecule has 0 bridgehead atoms. The lowest BCUT2D eigenvalue weighted by Gasteiger charge is -2.26. The molecule has 0 aliphatic heterocycles. The van der Waals surface area contributed by atoms with Gasteiger partial charge in [-0.15, -0.1) is 0 Å². The number of ether oxygens (including phenoxy) is 1. The minimum Gasteiger partial charge on any atom is -0.497 e. The van der Waals surface area contributed by atoms with Crippen LogP contribution in [-0.2, 0) is 11.3 Å². The van der Waals surface area contributed by atoms with E-state index in [0.717, 1.165) is 23.1 Å².